The predicted octanol–water partition coefficient (Wildman–Crippen LogP) is 5.10. The maximum absolute atomic E-state index is 13.7. The summed E-state index contributed by atoms with van der Waals surface area (Å²) in [4.78, 5) is 26.6. The zero-order valence-corrected chi connectivity index (χ0v) is 17.0. The van der Waals surface area contributed by atoms with E-state index in [-0.39, 0.29) is 34.8 Å². The molecule has 2 aliphatic rings. The van der Waals surface area contributed by atoms with Crippen LogP contribution >= 0.6 is 0 Å². The van der Waals surface area contributed by atoms with Crippen LogP contribution in [0.15, 0.2) is 59.8 Å². The summed E-state index contributed by atoms with van der Waals surface area (Å²) in [7, 11) is 0. The average molecular weight is 430 g/mol. The molecule has 162 valence electrons. The van der Waals surface area contributed by atoms with E-state index in [1.54, 1.807) is 12.1 Å². The Bertz CT molecular complexity index is 1110. The van der Waals surface area contributed by atoms with E-state index >= 15 is 0 Å². The molecule has 0 saturated carbocycles. The Kier molecular flexibility index (Phi) is 4.83. The second-order valence-corrected chi connectivity index (χ2v) is 8.65. The fourth-order valence-electron chi connectivity index (χ4n) is 4.36. The van der Waals surface area contributed by atoms with Crippen LogP contribution in [0.5, 0.6) is 5.75 Å². The molecule has 0 spiro atoms. The lowest BCUT2D eigenvalue weighted by atomic mass is 9.73. The van der Waals surface area contributed by atoms with Gasteiger partial charge in [0.2, 0.25) is 0 Å². The largest absolute Gasteiger partial charge is 0.508 e. The summed E-state index contributed by atoms with van der Waals surface area (Å²) in [5, 5.41) is 13.1. The first kappa shape index (κ1) is 21.0. The fraction of sp³-hybridized carbons (Fsp3) is 0.304. The number of phenols is 1. The molecule has 2 aromatic carbocycles. The van der Waals surface area contributed by atoms with Gasteiger partial charge in [0.25, 0.3) is 0 Å². The van der Waals surface area contributed by atoms with Gasteiger partial charge < -0.3 is 10.4 Å². The van der Waals surface area contributed by atoms with Gasteiger partial charge in [-0.2, -0.15) is 13.2 Å². The van der Waals surface area contributed by atoms with Gasteiger partial charge in [-0.3, -0.25) is 14.5 Å². The number of fused-ring (bicyclic) bond motifs is 1. The number of amides is 1. The van der Waals surface area contributed by atoms with E-state index in [0.717, 1.165) is 0 Å². The van der Waals surface area contributed by atoms with Crippen LogP contribution in [0.1, 0.15) is 38.3 Å². The molecule has 2 N–H and O–H groups in total. The summed E-state index contributed by atoms with van der Waals surface area (Å²) >= 11 is 0. The number of hydrogen-bond acceptors (Lipinski definition) is 4. The van der Waals surface area contributed by atoms with Crippen LogP contribution in [0.3, 0.4) is 0 Å². The molecule has 1 atom stereocenters. The first-order valence-corrected chi connectivity index (χ1v) is 9.79. The normalized spacial score (nSPS) is 20.5. The zero-order chi connectivity index (χ0) is 22.6. The second kappa shape index (κ2) is 7.14. The Labute approximate surface area is 177 Å². The molecule has 0 radical (unpaired) electrons. The number of aromatic hydroxyl groups is 1. The molecule has 4 rings (SSSR count). The van der Waals surface area contributed by atoms with Gasteiger partial charge in [-0.25, -0.2) is 0 Å². The van der Waals surface area contributed by atoms with E-state index in [0.29, 0.717) is 22.7 Å². The van der Waals surface area contributed by atoms with Gasteiger partial charge in [0, 0.05) is 17.7 Å². The van der Waals surface area contributed by atoms with E-state index in [9.17, 15) is 27.9 Å². The number of carbonyl (C=O) groups excluding carboxylic acids is 2. The summed E-state index contributed by atoms with van der Waals surface area (Å²) in [6, 6.07) is 10.5. The van der Waals surface area contributed by atoms with Gasteiger partial charge in [-0.05, 0) is 41.7 Å². The van der Waals surface area contributed by atoms with Crippen molar-refractivity contribution in [2.75, 3.05) is 10.2 Å². The summed E-state index contributed by atoms with van der Waals surface area (Å²) in [5.74, 6) is -2.59. The number of phenolic OH excluding ortho intramolecular Hbond substituents is 1. The van der Waals surface area contributed by atoms with Crippen molar-refractivity contribution >= 4 is 23.1 Å². The lowest BCUT2D eigenvalue weighted by Gasteiger charge is -2.37. The average Bonchev–Trinajstić information content (AvgIpc) is 2.79. The van der Waals surface area contributed by atoms with Crippen molar-refractivity contribution in [3.8, 4) is 5.75 Å². The first-order chi connectivity index (χ1) is 14.5. The highest BCUT2D eigenvalue weighted by Gasteiger charge is 2.50. The van der Waals surface area contributed by atoms with Crippen LogP contribution in [0, 0.1) is 5.41 Å². The van der Waals surface area contributed by atoms with E-state index in [1.165, 1.54) is 36.4 Å². The molecule has 1 aliphatic heterocycles. The number of Topliss-reactive ketones (excluding diaryl/α,β-unsaturated/α-hetero) is 1. The Morgan fingerprint density at radius 1 is 1.13 bits per heavy atom. The Morgan fingerprint density at radius 2 is 1.84 bits per heavy atom. The van der Waals surface area contributed by atoms with E-state index in [2.05, 4.69) is 5.32 Å². The van der Waals surface area contributed by atoms with Crippen molar-refractivity contribution in [3.63, 3.8) is 0 Å². The third kappa shape index (κ3) is 3.78. The van der Waals surface area contributed by atoms with Crippen LogP contribution in [-0.2, 0) is 9.59 Å². The molecule has 5 nitrogen and oxygen atoms in total. The smallest absolute Gasteiger partial charge is 0.471 e. The molecule has 8 heteroatoms. The molecule has 2 aromatic rings. The topological polar surface area (TPSA) is 69.6 Å². The molecule has 0 bridgehead atoms. The molecule has 1 aliphatic carbocycles. The summed E-state index contributed by atoms with van der Waals surface area (Å²) < 4.78 is 41.1. The number of allylic oxidation sites excluding steroid dienone is 1. The van der Waals surface area contributed by atoms with Gasteiger partial charge in [0.15, 0.2) is 5.78 Å². The number of ketones is 1. The van der Waals surface area contributed by atoms with Crippen molar-refractivity contribution in [3.05, 3.63) is 65.4 Å². The number of carbonyl (C=O) groups is 2. The SMILES string of the molecule is CC1(C)CC(=O)C2=C(C1)Nc1ccccc1N(C(=O)C(F)(F)F)[C@H]2c1cccc(O)c1. The highest BCUT2D eigenvalue weighted by molar-refractivity contribution is 6.07. The van der Waals surface area contributed by atoms with Gasteiger partial charge in [0.1, 0.15) is 5.75 Å². The standard InChI is InChI=1S/C23H21F3N2O3/c1-22(2)11-16-19(18(30)12-22)20(13-6-5-7-14(29)10-13)28(21(31)23(24,25)26)17-9-4-3-8-15(17)27-16/h3-10,20,27,29H,11-12H2,1-2H3/t20-/m0/s1. The molecule has 0 unspecified atom stereocenters. The van der Waals surface area contributed by atoms with Crippen LogP contribution < -0.4 is 10.2 Å². The number of halogens is 3. The number of alkyl halides is 3. The van der Waals surface area contributed by atoms with E-state index in [1.807, 2.05) is 13.8 Å². The van der Waals surface area contributed by atoms with Crippen molar-refractivity contribution in [2.45, 2.75) is 38.9 Å². The lowest BCUT2D eigenvalue weighted by Crippen LogP contribution is -2.45. The van der Waals surface area contributed by atoms with Gasteiger partial charge in [0.05, 0.1) is 17.4 Å². The number of anilines is 2. The number of rotatable bonds is 1. The van der Waals surface area contributed by atoms with Gasteiger partial charge >= 0.3 is 12.1 Å². The maximum Gasteiger partial charge on any atom is 0.471 e. The molecule has 0 fully saturated rings. The van der Waals surface area contributed by atoms with Crippen molar-refractivity contribution in [1.82, 2.24) is 0 Å². The third-order valence-electron chi connectivity index (χ3n) is 5.55. The predicted molar refractivity (Wildman–Crippen MR) is 110 cm³/mol. The first-order valence-electron chi connectivity index (χ1n) is 9.79. The zero-order valence-electron chi connectivity index (χ0n) is 17.0. The van der Waals surface area contributed by atoms with Crippen LogP contribution in [-0.4, -0.2) is 23.0 Å². The van der Waals surface area contributed by atoms with Crippen molar-refractivity contribution in [1.29, 1.82) is 0 Å². The summed E-state index contributed by atoms with van der Waals surface area (Å²) in [5.41, 5.74) is 0.735. The molecule has 31 heavy (non-hydrogen) atoms. The van der Waals surface area contributed by atoms with Crippen LogP contribution in [0.25, 0.3) is 0 Å². The second-order valence-electron chi connectivity index (χ2n) is 8.65. The van der Waals surface area contributed by atoms with Crippen LogP contribution in [0.4, 0.5) is 24.5 Å². The minimum absolute atomic E-state index is 0.0122. The summed E-state index contributed by atoms with van der Waals surface area (Å²) in [6.07, 6.45) is -4.61. The molecule has 1 heterocycles. The molecule has 0 aromatic heterocycles. The monoisotopic (exact) mass is 430 g/mol. The van der Waals surface area contributed by atoms with E-state index in [4.69, 9.17) is 0 Å². The third-order valence-corrected chi connectivity index (χ3v) is 5.55. The minimum atomic E-state index is -5.16. The molecule has 1 amide bonds. The number of nitrogens with one attached hydrogen (secondary N) is 1. The highest BCUT2D eigenvalue weighted by Crippen LogP contribution is 2.49. The lowest BCUT2D eigenvalue weighted by molar-refractivity contribution is -0.170. The minimum Gasteiger partial charge on any atom is -0.508 e. The van der Waals surface area contributed by atoms with Crippen molar-refractivity contribution in [2.24, 2.45) is 5.41 Å². The van der Waals surface area contributed by atoms with Crippen LogP contribution in [0.2, 0.25) is 0 Å². The summed E-state index contributed by atoms with van der Waals surface area (Å²) in [6.45, 7) is 3.82. The Hall–Kier alpha value is -3.29. The maximum atomic E-state index is 13.7. The van der Waals surface area contributed by atoms with E-state index < -0.39 is 23.5 Å². The quantitative estimate of drug-likeness (QED) is 0.661. The van der Waals surface area contributed by atoms with Gasteiger partial charge in [-0.1, -0.05) is 38.1 Å². The molecular formula is C23H21F3N2O3. The fourth-order valence-corrected chi connectivity index (χ4v) is 4.36. The van der Waals surface area contributed by atoms with Crippen molar-refractivity contribution < 1.29 is 27.9 Å². The number of hydrogen-bond donors (Lipinski definition) is 2. The number of nitrogens with zero attached hydrogens (tertiary/aromatic N) is 1. The van der Waals surface area contributed by atoms with Gasteiger partial charge in [-0.15, -0.1) is 0 Å². The highest BCUT2D eigenvalue weighted by atomic mass is 19.4. The number of para-hydroxylation sites is 2. The number of benzene rings is 2. The Morgan fingerprint density at radius 3 is 2.52 bits per heavy atom. The Balaban J connectivity index is 2.05. The molecule has 0 saturated heterocycles. The molecular weight excluding hydrogens is 409 g/mol.